The van der Waals surface area contributed by atoms with E-state index in [2.05, 4.69) is 6.58 Å². The van der Waals surface area contributed by atoms with E-state index >= 15 is 0 Å². The topological polar surface area (TPSA) is 117 Å². The van der Waals surface area contributed by atoms with E-state index in [1.807, 2.05) is 79.7 Å². The predicted molar refractivity (Wildman–Crippen MR) is 194 cm³/mol. The summed E-state index contributed by atoms with van der Waals surface area (Å²) in [5.74, 6) is 2.13. The Morgan fingerprint density at radius 2 is 1.06 bits per heavy atom. The summed E-state index contributed by atoms with van der Waals surface area (Å²) in [7, 11) is 0.656. The molecule has 12 heteroatoms. The van der Waals surface area contributed by atoms with E-state index < -0.39 is 40.8 Å². The lowest BCUT2D eigenvalue weighted by molar-refractivity contribution is -0.323. The second-order valence-corrected chi connectivity index (χ2v) is 13.7. The third-order valence-electron chi connectivity index (χ3n) is 8.47. The number of hydrogen-bond acceptors (Lipinski definition) is 11. The second-order valence-electron chi connectivity index (χ2n) is 12.1. The van der Waals surface area contributed by atoms with Crippen LogP contribution in [0, 0.1) is 6.92 Å². The van der Waals surface area contributed by atoms with E-state index in [0.29, 0.717) is 17.2 Å². The largest absolute Gasteiger partial charge is 0.497 e. The van der Waals surface area contributed by atoms with Crippen LogP contribution >= 0.6 is 0 Å². The maximum atomic E-state index is 13.3. The zero-order chi connectivity index (χ0) is 36.9. The van der Waals surface area contributed by atoms with Crippen molar-refractivity contribution in [2.24, 2.45) is 0 Å². The van der Waals surface area contributed by atoms with Crippen LogP contribution in [0.3, 0.4) is 0 Å². The van der Waals surface area contributed by atoms with Gasteiger partial charge in [0.2, 0.25) is 0 Å². The predicted octanol–water partition coefficient (Wildman–Crippen LogP) is 6.41. The maximum Gasteiger partial charge on any atom is 0.297 e. The summed E-state index contributed by atoms with van der Waals surface area (Å²) in [5.41, 5.74) is 3.51. The number of ether oxygens (including phenoxy) is 8. The molecule has 5 atom stereocenters. The van der Waals surface area contributed by atoms with Crippen molar-refractivity contribution in [3.8, 4) is 17.2 Å². The quantitative estimate of drug-likeness (QED) is 0.0786. The Labute approximate surface area is 306 Å². The van der Waals surface area contributed by atoms with Crippen molar-refractivity contribution in [2.45, 2.75) is 62.3 Å². The lowest BCUT2D eigenvalue weighted by Crippen LogP contribution is -2.61. The van der Waals surface area contributed by atoms with Crippen LogP contribution in [-0.4, -0.2) is 73.7 Å². The lowest BCUT2D eigenvalue weighted by atomic mass is 9.98. The van der Waals surface area contributed by atoms with Crippen LogP contribution in [0.2, 0.25) is 0 Å². The molecule has 0 N–H and O–H groups in total. The lowest BCUT2D eigenvalue weighted by Gasteiger charge is -2.45. The molecule has 0 aromatic heterocycles. The summed E-state index contributed by atoms with van der Waals surface area (Å²) in [5, 5.41) is 0. The number of rotatable bonds is 19. The monoisotopic (exact) mass is 734 g/mol. The Hall–Kier alpha value is -4.27. The van der Waals surface area contributed by atoms with Gasteiger partial charge in [-0.15, -0.1) is 6.58 Å². The number of methoxy groups -OCH3 is 3. The highest BCUT2D eigenvalue weighted by Crippen LogP contribution is 2.32. The molecule has 52 heavy (non-hydrogen) atoms. The minimum atomic E-state index is -4.15. The molecule has 4 aromatic carbocycles. The second kappa shape index (κ2) is 19.0. The summed E-state index contributed by atoms with van der Waals surface area (Å²) in [4.78, 5) is 0.0251. The minimum Gasteiger partial charge on any atom is -0.497 e. The van der Waals surface area contributed by atoms with Gasteiger partial charge in [-0.25, -0.2) is 0 Å². The summed E-state index contributed by atoms with van der Waals surface area (Å²) < 4.78 is 80.7. The first-order chi connectivity index (χ1) is 25.2. The zero-order valence-corrected chi connectivity index (χ0v) is 30.7. The van der Waals surface area contributed by atoms with Crippen molar-refractivity contribution in [1.82, 2.24) is 0 Å². The molecule has 1 saturated heterocycles. The Kier molecular flexibility index (Phi) is 14.2. The third kappa shape index (κ3) is 10.6. The van der Waals surface area contributed by atoms with Crippen LogP contribution in [0.15, 0.2) is 115 Å². The molecule has 1 aliphatic rings. The standard InChI is InChI=1S/C40H46O11S/c1-6-23-46-40-39(49-26-31-13-19-34(45-5)20-14-31)38(48-25-30-11-17-33(44-4)18-12-30)37(47-24-29-9-15-32(43-3)16-10-29)36(51-40)27-50-52(41,42)35-21-7-28(2)8-22-35/h6-22,36-40H,1,23-27H2,2-5H3/t36-,37+,38+,39-,40-/m1/s1. The molecule has 1 fully saturated rings. The highest BCUT2D eigenvalue weighted by molar-refractivity contribution is 7.86. The van der Waals surface area contributed by atoms with Gasteiger partial charge in [-0.3, -0.25) is 4.18 Å². The minimum absolute atomic E-state index is 0.0251. The van der Waals surface area contributed by atoms with E-state index in [4.69, 9.17) is 42.1 Å². The van der Waals surface area contributed by atoms with Crippen LogP contribution in [-0.2, 0) is 57.8 Å². The highest BCUT2D eigenvalue weighted by Gasteiger charge is 2.49. The number of hydrogen-bond donors (Lipinski definition) is 0. The molecule has 1 heterocycles. The van der Waals surface area contributed by atoms with Crippen molar-refractivity contribution in [3.05, 3.63) is 132 Å². The molecule has 0 spiro atoms. The Morgan fingerprint density at radius 1 is 0.615 bits per heavy atom. The van der Waals surface area contributed by atoms with Gasteiger partial charge in [0.25, 0.3) is 10.1 Å². The molecule has 0 saturated carbocycles. The van der Waals surface area contributed by atoms with Gasteiger partial charge >= 0.3 is 0 Å². The third-order valence-corrected chi connectivity index (χ3v) is 9.77. The summed E-state index contributed by atoms with van der Waals surface area (Å²) in [6.45, 7) is 5.91. The van der Waals surface area contributed by atoms with E-state index in [1.54, 1.807) is 39.5 Å². The SMILES string of the molecule is C=CCO[C@@H]1O[C@H](COS(=O)(=O)c2ccc(C)cc2)[C@H](OCc2ccc(OC)cc2)[C@H](OCc2ccc(OC)cc2)[C@H]1OCc1ccc(OC)cc1. The first-order valence-corrected chi connectivity index (χ1v) is 18.2. The van der Waals surface area contributed by atoms with E-state index in [-0.39, 0.29) is 37.9 Å². The van der Waals surface area contributed by atoms with E-state index in [0.717, 1.165) is 22.3 Å². The van der Waals surface area contributed by atoms with Crippen molar-refractivity contribution in [3.63, 3.8) is 0 Å². The summed E-state index contributed by atoms with van der Waals surface area (Å²) in [6.07, 6.45) is -2.90. The van der Waals surface area contributed by atoms with Gasteiger partial charge in [0, 0.05) is 0 Å². The molecule has 278 valence electrons. The molecule has 0 radical (unpaired) electrons. The first-order valence-electron chi connectivity index (χ1n) is 16.8. The summed E-state index contributed by atoms with van der Waals surface area (Å²) >= 11 is 0. The van der Waals surface area contributed by atoms with Gasteiger partial charge < -0.3 is 37.9 Å². The molecule has 4 aromatic rings. The van der Waals surface area contributed by atoms with Crippen LogP contribution in [0.1, 0.15) is 22.3 Å². The summed E-state index contributed by atoms with van der Waals surface area (Å²) in [6, 6.07) is 28.9. The van der Waals surface area contributed by atoms with Crippen molar-refractivity contribution >= 4 is 10.1 Å². The van der Waals surface area contributed by atoms with Crippen LogP contribution in [0.5, 0.6) is 17.2 Å². The van der Waals surface area contributed by atoms with Crippen LogP contribution < -0.4 is 14.2 Å². The first kappa shape index (κ1) is 38.9. The fourth-order valence-corrected chi connectivity index (χ4v) is 6.47. The Balaban J connectivity index is 1.48. The van der Waals surface area contributed by atoms with Gasteiger partial charge in [0.05, 0.1) is 59.3 Å². The molecule has 0 amide bonds. The molecule has 0 bridgehead atoms. The van der Waals surface area contributed by atoms with Crippen LogP contribution in [0.25, 0.3) is 0 Å². The van der Waals surface area contributed by atoms with Gasteiger partial charge in [-0.05, 0) is 72.1 Å². The van der Waals surface area contributed by atoms with Gasteiger partial charge in [-0.1, -0.05) is 60.2 Å². The van der Waals surface area contributed by atoms with Gasteiger partial charge in [-0.2, -0.15) is 8.42 Å². The van der Waals surface area contributed by atoms with Gasteiger partial charge in [0.15, 0.2) is 6.29 Å². The molecule has 1 aliphatic heterocycles. The van der Waals surface area contributed by atoms with Crippen molar-refractivity contribution < 1.29 is 50.5 Å². The van der Waals surface area contributed by atoms with Gasteiger partial charge in [0.1, 0.15) is 41.7 Å². The Morgan fingerprint density at radius 3 is 1.50 bits per heavy atom. The molecule has 0 unspecified atom stereocenters. The average Bonchev–Trinajstić information content (AvgIpc) is 3.18. The molecular formula is C40H46O11S. The highest BCUT2D eigenvalue weighted by atomic mass is 32.2. The molecule has 11 nitrogen and oxygen atoms in total. The van der Waals surface area contributed by atoms with Crippen molar-refractivity contribution in [2.75, 3.05) is 34.5 Å². The number of aryl methyl sites for hydroxylation is 1. The maximum absolute atomic E-state index is 13.3. The normalized spacial score (nSPS) is 20.3. The molecule has 0 aliphatic carbocycles. The average molecular weight is 735 g/mol. The smallest absolute Gasteiger partial charge is 0.297 e. The molecular weight excluding hydrogens is 688 g/mol. The fourth-order valence-electron chi connectivity index (χ4n) is 5.55. The van der Waals surface area contributed by atoms with E-state index in [9.17, 15) is 8.42 Å². The van der Waals surface area contributed by atoms with Crippen molar-refractivity contribution in [1.29, 1.82) is 0 Å². The Bertz CT molecular complexity index is 1780. The fraction of sp³-hybridized carbons (Fsp3) is 0.350. The van der Waals surface area contributed by atoms with E-state index in [1.165, 1.54) is 12.1 Å². The molecule has 5 rings (SSSR count). The number of benzene rings is 4. The zero-order valence-electron chi connectivity index (χ0n) is 29.8. The van der Waals surface area contributed by atoms with Crippen LogP contribution in [0.4, 0.5) is 0 Å².